The van der Waals surface area contributed by atoms with Crippen LogP contribution in [0.3, 0.4) is 0 Å². The van der Waals surface area contributed by atoms with Crippen LogP contribution in [0, 0.1) is 6.92 Å². The summed E-state index contributed by atoms with van der Waals surface area (Å²) in [5, 5.41) is 5.28. The minimum Gasteiger partial charge on any atom is -0.464 e. The highest BCUT2D eigenvalue weighted by molar-refractivity contribution is 6.02. The highest BCUT2D eigenvalue weighted by Gasteiger charge is 2.41. The Morgan fingerprint density at radius 2 is 1.88 bits per heavy atom. The number of halogens is 6. The smallest absolute Gasteiger partial charge is 0.435 e. The number of nitrogens with one attached hydrogen (secondary N) is 1. The molecule has 6 nitrogen and oxygen atoms in total. The lowest BCUT2D eigenvalue weighted by atomic mass is 9.98. The van der Waals surface area contributed by atoms with E-state index in [-0.39, 0.29) is 5.69 Å². The maximum atomic E-state index is 13.2. The van der Waals surface area contributed by atoms with Crippen molar-refractivity contribution in [1.82, 2.24) is 15.2 Å². The number of ether oxygens (including phenoxy) is 1. The fourth-order valence-corrected chi connectivity index (χ4v) is 2.18. The number of pyridine rings is 1. The molecule has 2 aromatic heterocycles. The van der Waals surface area contributed by atoms with E-state index in [4.69, 9.17) is 5.73 Å². The number of hydrogen-bond donors (Lipinski definition) is 2. The predicted molar refractivity (Wildman–Crippen MR) is 76.2 cm³/mol. The summed E-state index contributed by atoms with van der Waals surface area (Å²) in [6.07, 6.45) is -11.1. The normalized spacial score (nSPS) is 13.5. The second-order valence-electron chi connectivity index (χ2n) is 5.27. The number of carbonyl (C=O) groups is 1. The van der Waals surface area contributed by atoms with E-state index in [0.717, 1.165) is 12.3 Å². The number of nitrogens with zero attached hydrogens (tertiary/aromatic N) is 2. The fourth-order valence-electron chi connectivity index (χ4n) is 2.18. The first kappa shape index (κ1) is 19.5. The van der Waals surface area contributed by atoms with Crippen LogP contribution in [0.5, 0.6) is 5.88 Å². The molecule has 26 heavy (non-hydrogen) atoms. The van der Waals surface area contributed by atoms with Gasteiger partial charge in [-0.05, 0) is 19.9 Å². The zero-order chi connectivity index (χ0) is 19.9. The quantitative estimate of drug-likeness (QED) is 0.794. The van der Waals surface area contributed by atoms with Gasteiger partial charge in [0.05, 0.1) is 0 Å². The number of nitrogens with two attached hydrogens (primary N) is 1. The molecule has 2 aromatic rings. The van der Waals surface area contributed by atoms with Gasteiger partial charge in [-0.15, -0.1) is 0 Å². The van der Waals surface area contributed by atoms with Crippen molar-refractivity contribution in [3.8, 4) is 17.0 Å². The number of aryl methyl sites for hydroxylation is 1. The number of aromatic amines is 1. The number of primary amides is 1. The Labute approximate surface area is 142 Å². The number of amides is 1. The van der Waals surface area contributed by atoms with E-state index in [2.05, 4.69) is 19.9 Å². The summed E-state index contributed by atoms with van der Waals surface area (Å²) < 4.78 is 82.2. The monoisotopic (exact) mass is 382 g/mol. The molecule has 2 rings (SSSR count). The molecule has 0 aromatic carbocycles. The zero-order valence-corrected chi connectivity index (χ0v) is 13.3. The van der Waals surface area contributed by atoms with Crippen LogP contribution in [-0.4, -0.2) is 33.4 Å². The van der Waals surface area contributed by atoms with E-state index in [9.17, 15) is 31.1 Å². The summed E-state index contributed by atoms with van der Waals surface area (Å²) in [5.74, 6) is -2.13. The van der Waals surface area contributed by atoms with Gasteiger partial charge in [0.2, 0.25) is 5.88 Å². The van der Waals surface area contributed by atoms with Crippen LogP contribution in [0.1, 0.15) is 28.7 Å². The predicted octanol–water partition coefficient (Wildman–Crippen LogP) is 3.23. The summed E-state index contributed by atoms with van der Waals surface area (Å²) in [6.45, 7) is 1.91. The van der Waals surface area contributed by atoms with Crippen molar-refractivity contribution < 1.29 is 35.9 Å². The fraction of sp³-hybridized carbons (Fsp3) is 0.357. The third kappa shape index (κ3) is 3.73. The van der Waals surface area contributed by atoms with Crippen LogP contribution < -0.4 is 10.5 Å². The van der Waals surface area contributed by atoms with Crippen LogP contribution in [0.4, 0.5) is 26.3 Å². The highest BCUT2D eigenvalue weighted by Crippen LogP contribution is 2.40. The van der Waals surface area contributed by atoms with E-state index in [0.29, 0.717) is 6.92 Å². The Balaban J connectivity index is 2.68. The molecule has 142 valence electrons. The molecule has 1 unspecified atom stereocenters. The van der Waals surface area contributed by atoms with Gasteiger partial charge in [0.15, 0.2) is 11.8 Å². The largest absolute Gasteiger partial charge is 0.464 e. The Kier molecular flexibility index (Phi) is 4.88. The molecule has 0 saturated carbocycles. The molecule has 1 amide bonds. The number of rotatable bonds is 4. The molecule has 1 atom stereocenters. The molecule has 0 fully saturated rings. The van der Waals surface area contributed by atoms with Gasteiger partial charge >= 0.3 is 12.4 Å². The molecule has 0 bridgehead atoms. The van der Waals surface area contributed by atoms with Crippen molar-refractivity contribution in [2.45, 2.75) is 32.3 Å². The van der Waals surface area contributed by atoms with Gasteiger partial charge in [-0.3, -0.25) is 9.89 Å². The lowest BCUT2D eigenvalue weighted by Crippen LogP contribution is -2.32. The van der Waals surface area contributed by atoms with Gasteiger partial charge in [-0.25, -0.2) is 4.98 Å². The molecule has 12 heteroatoms. The van der Waals surface area contributed by atoms with E-state index >= 15 is 0 Å². The van der Waals surface area contributed by atoms with Gasteiger partial charge in [-0.2, -0.15) is 31.4 Å². The molecule has 0 aliphatic carbocycles. The summed E-state index contributed by atoms with van der Waals surface area (Å²) in [4.78, 5) is 15.3. The number of alkyl halides is 6. The molecule has 3 N–H and O–H groups in total. The van der Waals surface area contributed by atoms with Crippen molar-refractivity contribution >= 4 is 5.91 Å². The van der Waals surface area contributed by atoms with E-state index in [1.165, 1.54) is 6.92 Å². The molecule has 0 aliphatic heterocycles. The minimum atomic E-state index is -4.88. The number of hydrogen-bond acceptors (Lipinski definition) is 4. The first-order chi connectivity index (χ1) is 11.8. The van der Waals surface area contributed by atoms with E-state index in [1.54, 1.807) is 0 Å². The highest BCUT2D eigenvalue weighted by atomic mass is 19.4. The summed E-state index contributed by atoms with van der Waals surface area (Å²) in [7, 11) is 0. The Morgan fingerprint density at radius 3 is 2.38 bits per heavy atom. The van der Waals surface area contributed by atoms with Crippen LogP contribution in [0.15, 0.2) is 12.3 Å². The maximum Gasteiger partial charge on any atom is 0.435 e. The topological polar surface area (TPSA) is 93.9 Å². The zero-order valence-electron chi connectivity index (χ0n) is 13.3. The van der Waals surface area contributed by atoms with Crippen molar-refractivity contribution in [2.75, 3.05) is 0 Å². The second-order valence-corrected chi connectivity index (χ2v) is 5.27. The van der Waals surface area contributed by atoms with Crippen molar-refractivity contribution in [3.63, 3.8) is 0 Å². The molecule has 0 saturated heterocycles. The molecule has 0 aliphatic rings. The average Bonchev–Trinajstić information content (AvgIpc) is 2.87. The van der Waals surface area contributed by atoms with E-state index < -0.39 is 52.6 Å². The Bertz CT molecular complexity index is 828. The third-order valence-electron chi connectivity index (χ3n) is 3.40. The van der Waals surface area contributed by atoms with E-state index in [1.807, 2.05) is 0 Å². The van der Waals surface area contributed by atoms with Crippen LogP contribution in [0.2, 0.25) is 0 Å². The maximum absolute atomic E-state index is 13.2. The molecular formula is C14H12F6N4O2. The van der Waals surface area contributed by atoms with Gasteiger partial charge < -0.3 is 10.5 Å². The van der Waals surface area contributed by atoms with Crippen LogP contribution >= 0.6 is 0 Å². The summed E-state index contributed by atoms with van der Waals surface area (Å²) in [6, 6.07) is 1.01. The summed E-state index contributed by atoms with van der Waals surface area (Å²) in [5.41, 5.74) is 2.11. The van der Waals surface area contributed by atoms with Crippen molar-refractivity contribution in [1.29, 1.82) is 0 Å². The lowest BCUT2D eigenvalue weighted by Gasteiger charge is -2.19. The standard InChI is InChI=1S/C14H12F6N4O2/c1-5-8(10(24-23-5)14(18,19)20)7-3-4-22-12(9(7)11(21)25)26-6(2)13(15,16)17/h3-4,6H,1-2H3,(H2,21,25)(H,23,24). The van der Waals surface area contributed by atoms with Gasteiger partial charge in [0.1, 0.15) is 5.56 Å². The number of aromatic nitrogens is 3. The van der Waals surface area contributed by atoms with Crippen molar-refractivity contribution in [2.24, 2.45) is 5.73 Å². The Morgan fingerprint density at radius 1 is 1.27 bits per heavy atom. The first-order valence-electron chi connectivity index (χ1n) is 6.98. The van der Waals surface area contributed by atoms with Gasteiger partial charge in [0.25, 0.3) is 5.91 Å². The number of H-pyrrole nitrogens is 1. The van der Waals surface area contributed by atoms with Crippen LogP contribution in [0.25, 0.3) is 11.1 Å². The minimum absolute atomic E-state index is 0.0687. The SMILES string of the molecule is Cc1[nH]nc(C(F)(F)F)c1-c1ccnc(OC(C)C(F)(F)F)c1C(N)=O. The van der Waals surface area contributed by atoms with Crippen LogP contribution in [-0.2, 0) is 6.18 Å². The molecule has 2 heterocycles. The second kappa shape index (κ2) is 6.50. The first-order valence-corrected chi connectivity index (χ1v) is 6.98. The lowest BCUT2D eigenvalue weighted by molar-refractivity contribution is -0.190. The van der Waals surface area contributed by atoms with Crippen molar-refractivity contribution in [3.05, 3.63) is 29.2 Å². The number of carbonyl (C=O) groups excluding carboxylic acids is 1. The molecular weight excluding hydrogens is 370 g/mol. The summed E-state index contributed by atoms with van der Waals surface area (Å²) >= 11 is 0. The Hall–Kier alpha value is -2.79. The van der Waals surface area contributed by atoms with Gasteiger partial charge in [0, 0.05) is 23.0 Å². The molecule has 0 spiro atoms. The third-order valence-corrected chi connectivity index (χ3v) is 3.40. The van der Waals surface area contributed by atoms with Gasteiger partial charge in [-0.1, -0.05) is 0 Å². The average molecular weight is 382 g/mol. The molecule has 0 radical (unpaired) electrons.